The van der Waals surface area contributed by atoms with Gasteiger partial charge in [0.05, 0.1) is 17.9 Å². The smallest absolute Gasteiger partial charge is 0.407 e. The quantitative estimate of drug-likeness (QED) is 0.925. The van der Waals surface area contributed by atoms with Crippen molar-refractivity contribution in [2.75, 3.05) is 18.0 Å². The van der Waals surface area contributed by atoms with Gasteiger partial charge < -0.3 is 14.9 Å². The number of hydrogen-bond acceptors (Lipinski definition) is 3. The van der Waals surface area contributed by atoms with Crippen molar-refractivity contribution in [2.45, 2.75) is 18.5 Å². The Bertz CT molecular complexity index is 704. The molecule has 1 unspecified atom stereocenters. The van der Waals surface area contributed by atoms with Crippen LogP contribution in [0.15, 0.2) is 48.8 Å². The first-order chi connectivity index (χ1) is 10.7. The summed E-state index contributed by atoms with van der Waals surface area (Å²) < 4.78 is 0. The molecule has 4 rings (SSSR count). The molecular formula is C17H17N3O2. The van der Waals surface area contributed by atoms with Gasteiger partial charge in [-0.05, 0) is 18.1 Å². The number of anilines is 1. The molecule has 0 aliphatic carbocycles. The lowest BCUT2D eigenvalue weighted by Crippen LogP contribution is -2.48. The zero-order chi connectivity index (χ0) is 15.1. The van der Waals surface area contributed by atoms with Gasteiger partial charge in [0.2, 0.25) is 0 Å². The molecule has 2 saturated heterocycles. The zero-order valence-electron chi connectivity index (χ0n) is 12.1. The van der Waals surface area contributed by atoms with Crippen molar-refractivity contribution in [1.29, 1.82) is 0 Å². The molecule has 0 spiro atoms. The van der Waals surface area contributed by atoms with E-state index in [1.165, 1.54) is 0 Å². The molecule has 1 aromatic heterocycles. The van der Waals surface area contributed by atoms with E-state index in [4.69, 9.17) is 0 Å². The van der Waals surface area contributed by atoms with Gasteiger partial charge in [-0.2, -0.15) is 0 Å². The summed E-state index contributed by atoms with van der Waals surface area (Å²) in [6, 6.07) is 12.7. The lowest BCUT2D eigenvalue weighted by atomic mass is 10.1. The molecule has 3 heterocycles. The molecule has 0 radical (unpaired) electrons. The van der Waals surface area contributed by atoms with Crippen LogP contribution in [-0.4, -0.2) is 46.3 Å². The van der Waals surface area contributed by atoms with Crippen molar-refractivity contribution in [1.82, 2.24) is 9.88 Å². The maximum Gasteiger partial charge on any atom is 0.407 e. The normalized spacial score (nSPS) is 23.1. The summed E-state index contributed by atoms with van der Waals surface area (Å²) in [4.78, 5) is 19.4. The highest BCUT2D eigenvalue weighted by Crippen LogP contribution is 2.35. The number of carbonyl (C=O) groups is 1. The van der Waals surface area contributed by atoms with Gasteiger partial charge in [-0.25, -0.2) is 4.79 Å². The highest BCUT2D eigenvalue weighted by molar-refractivity contribution is 5.69. The maximum atomic E-state index is 11.2. The Morgan fingerprint density at radius 1 is 1.09 bits per heavy atom. The highest BCUT2D eigenvalue weighted by atomic mass is 16.4. The Morgan fingerprint density at radius 3 is 2.59 bits per heavy atom. The molecule has 2 aromatic rings. The van der Waals surface area contributed by atoms with Crippen LogP contribution in [0.4, 0.5) is 10.5 Å². The van der Waals surface area contributed by atoms with E-state index in [0.717, 1.165) is 29.8 Å². The largest absolute Gasteiger partial charge is 0.465 e. The number of likely N-dealkylation sites (tertiary alicyclic amines) is 1. The van der Waals surface area contributed by atoms with E-state index < -0.39 is 6.09 Å². The number of hydrogen-bond donors (Lipinski definition) is 1. The summed E-state index contributed by atoms with van der Waals surface area (Å²) in [5.74, 6) is 0. The third-order valence-corrected chi connectivity index (χ3v) is 4.65. The van der Waals surface area contributed by atoms with Crippen LogP contribution in [-0.2, 0) is 0 Å². The number of carboxylic acid groups (broad SMARTS) is 1. The second-order valence-corrected chi connectivity index (χ2v) is 5.93. The molecule has 1 N–H and O–H groups in total. The Kier molecular flexibility index (Phi) is 2.99. The van der Waals surface area contributed by atoms with E-state index >= 15 is 0 Å². The fourth-order valence-corrected chi connectivity index (χ4v) is 3.59. The predicted molar refractivity (Wildman–Crippen MR) is 83.9 cm³/mol. The fourth-order valence-electron chi connectivity index (χ4n) is 3.59. The van der Waals surface area contributed by atoms with Gasteiger partial charge in [-0.15, -0.1) is 0 Å². The zero-order valence-corrected chi connectivity index (χ0v) is 12.1. The van der Waals surface area contributed by atoms with E-state index in [9.17, 15) is 9.90 Å². The molecule has 1 amide bonds. The minimum absolute atomic E-state index is 0.114. The Morgan fingerprint density at radius 2 is 1.91 bits per heavy atom. The van der Waals surface area contributed by atoms with Crippen LogP contribution < -0.4 is 4.90 Å². The Labute approximate surface area is 128 Å². The second-order valence-electron chi connectivity index (χ2n) is 5.93. The number of piperazine rings is 1. The first-order valence-electron chi connectivity index (χ1n) is 7.49. The molecule has 0 saturated carbocycles. The molecule has 2 atom stereocenters. The molecule has 2 aliphatic rings. The lowest BCUT2D eigenvalue weighted by Gasteiger charge is -2.34. The summed E-state index contributed by atoms with van der Waals surface area (Å²) >= 11 is 0. The standard InChI is InChI=1S/C17H17N3O2/c21-17(22)20-11-15-7-16(20)10-19(15)14-6-13(8-18-9-14)12-4-2-1-3-5-12/h1-6,8-9,15-16H,7,10-11H2,(H,21,22)/t15-,16?/m0/s1. The fraction of sp³-hybridized carbons (Fsp3) is 0.294. The predicted octanol–water partition coefficient (Wildman–Crippen LogP) is 2.69. The number of pyridine rings is 1. The molecular weight excluding hydrogens is 278 g/mol. The van der Waals surface area contributed by atoms with E-state index in [-0.39, 0.29) is 12.1 Å². The van der Waals surface area contributed by atoms with Crippen LogP contribution in [0.3, 0.4) is 0 Å². The monoisotopic (exact) mass is 295 g/mol. The third-order valence-electron chi connectivity index (χ3n) is 4.65. The Hall–Kier alpha value is -2.56. The first-order valence-corrected chi connectivity index (χ1v) is 7.49. The molecule has 2 aliphatic heterocycles. The molecule has 22 heavy (non-hydrogen) atoms. The summed E-state index contributed by atoms with van der Waals surface area (Å²) in [6.45, 7) is 1.35. The van der Waals surface area contributed by atoms with Gasteiger partial charge in [-0.3, -0.25) is 4.98 Å². The number of fused-ring (bicyclic) bond motifs is 2. The first kappa shape index (κ1) is 13.1. The maximum absolute atomic E-state index is 11.2. The number of benzene rings is 1. The van der Waals surface area contributed by atoms with Crippen LogP contribution in [0.25, 0.3) is 11.1 Å². The van der Waals surface area contributed by atoms with E-state index in [1.54, 1.807) is 4.90 Å². The van der Waals surface area contributed by atoms with Crippen LogP contribution >= 0.6 is 0 Å². The average molecular weight is 295 g/mol. The van der Waals surface area contributed by atoms with Gasteiger partial charge in [0, 0.05) is 30.9 Å². The minimum atomic E-state index is -0.802. The van der Waals surface area contributed by atoms with Gasteiger partial charge in [-0.1, -0.05) is 30.3 Å². The molecule has 5 heteroatoms. The average Bonchev–Trinajstić information content (AvgIpc) is 3.16. The van der Waals surface area contributed by atoms with Gasteiger partial charge >= 0.3 is 6.09 Å². The lowest BCUT2D eigenvalue weighted by molar-refractivity contribution is 0.137. The van der Waals surface area contributed by atoms with Gasteiger partial charge in [0.15, 0.2) is 0 Å². The van der Waals surface area contributed by atoms with E-state index in [2.05, 4.69) is 28.1 Å². The molecule has 1 aromatic carbocycles. The number of aromatic nitrogens is 1. The van der Waals surface area contributed by atoms with Crippen molar-refractivity contribution in [3.63, 3.8) is 0 Å². The van der Waals surface area contributed by atoms with Crippen LogP contribution in [0.2, 0.25) is 0 Å². The van der Waals surface area contributed by atoms with Crippen molar-refractivity contribution in [3.8, 4) is 11.1 Å². The van der Waals surface area contributed by atoms with Crippen molar-refractivity contribution >= 4 is 11.8 Å². The molecule has 2 fully saturated rings. The van der Waals surface area contributed by atoms with Gasteiger partial charge in [0.25, 0.3) is 0 Å². The van der Waals surface area contributed by atoms with Crippen LogP contribution in [0.5, 0.6) is 0 Å². The highest BCUT2D eigenvalue weighted by Gasteiger charge is 2.45. The molecule has 2 bridgehead atoms. The summed E-state index contributed by atoms with van der Waals surface area (Å²) in [5, 5.41) is 9.18. The van der Waals surface area contributed by atoms with Crippen molar-refractivity contribution in [2.24, 2.45) is 0 Å². The summed E-state index contributed by atoms with van der Waals surface area (Å²) in [5.41, 5.74) is 3.32. The molecule has 5 nitrogen and oxygen atoms in total. The molecule has 112 valence electrons. The van der Waals surface area contributed by atoms with Gasteiger partial charge in [0.1, 0.15) is 0 Å². The third kappa shape index (κ3) is 2.09. The number of amides is 1. The number of nitrogens with zero attached hydrogens (tertiary/aromatic N) is 3. The number of rotatable bonds is 2. The second kappa shape index (κ2) is 5.02. The van der Waals surface area contributed by atoms with Crippen molar-refractivity contribution < 1.29 is 9.90 Å². The van der Waals surface area contributed by atoms with Crippen LogP contribution in [0.1, 0.15) is 6.42 Å². The Balaban J connectivity index is 1.59. The van der Waals surface area contributed by atoms with E-state index in [1.807, 2.05) is 30.6 Å². The summed E-state index contributed by atoms with van der Waals surface area (Å²) in [6.07, 6.45) is 3.86. The minimum Gasteiger partial charge on any atom is -0.465 e. The van der Waals surface area contributed by atoms with Crippen molar-refractivity contribution in [3.05, 3.63) is 48.8 Å². The SMILES string of the molecule is O=C(O)N1C[C@@H]2CC1CN2c1cncc(-c2ccccc2)c1. The summed E-state index contributed by atoms with van der Waals surface area (Å²) in [7, 11) is 0. The van der Waals surface area contributed by atoms with Crippen LogP contribution in [0, 0.1) is 0 Å². The topological polar surface area (TPSA) is 56.7 Å². The van der Waals surface area contributed by atoms with E-state index in [0.29, 0.717) is 6.54 Å².